The Kier molecular flexibility index (Phi) is 3.55. The van der Waals surface area contributed by atoms with E-state index in [1.807, 2.05) is 0 Å². The second-order valence-corrected chi connectivity index (χ2v) is 5.22. The first-order valence-electron chi connectivity index (χ1n) is 5.46. The SMILES string of the molecule is CC(C)(C)C(N)C1=CCCCCC1. The Bertz CT molecular complexity index is 186. The second-order valence-electron chi connectivity index (χ2n) is 5.22. The lowest BCUT2D eigenvalue weighted by atomic mass is 9.81. The molecule has 0 bridgehead atoms. The summed E-state index contributed by atoms with van der Waals surface area (Å²) in [7, 11) is 0. The van der Waals surface area contributed by atoms with Crippen LogP contribution in [-0.4, -0.2) is 6.04 Å². The Morgan fingerprint density at radius 1 is 1.23 bits per heavy atom. The summed E-state index contributed by atoms with van der Waals surface area (Å²) in [6.07, 6.45) is 8.88. The van der Waals surface area contributed by atoms with Crippen LogP contribution in [0.25, 0.3) is 0 Å². The van der Waals surface area contributed by atoms with Gasteiger partial charge in [-0.3, -0.25) is 0 Å². The first-order chi connectivity index (χ1) is 6.02. The summed E-state index contributed by atoms with van der Waals surface area (Å²) < 4.78 is 0. The van der Waals surface area contributed by atoms with Gasteiger partial charge in [0.2, 0.25) is 0 Å². The van der Waals surface area contributed by atoms with E-state index in [1.165, 1.54) is 37.7 Å². The zero-order chi connectivity index (χ0) is 9.90. The van der Waals surface area contributed by atoms with Crippen molar-refractivity contribution in [2.45, 2.75) is 58.9 Å². The molecule has 1 nitrogen and oxygen atoms in total. The van der Waals surface area contributed by atoms with Gasteiger partial charge in [-0.2, -0.15) is 0 Å². The van der Waals surface area contributed by atoms with Gasteiger partial charge >= 0.3 is 0 Å². The predicted molar refractivity (Wildman–Crippen MR) is 58.6 cm³/mol. The minimum Gasteiger partial charge on any atom is -0.324 e. The van der Waals surface area contributed by atoms with Crippen LogP contribution in [0.1, 0.15) is 52.9 Å². The molecule has 0 aromatic carbocycles. The third-order valence-electron chi connectivity index (χ3n) is 2.91. The van der Waals surface area contributed by atoms with Crippen LogP contribution in [-0.2, 0) is 0 Å². The van der Waals surface area contributed by atoms with Crippen molar-refractivity contribution in [1.29, 1.82) is 0 Å². The summed E-state index contributed by atoms with van der Waals surface area (Å²) >= 11 is 0. The zero-order valence-corrected chi connectivity index (χ0v) is 9.27. The van der Waals surface area contributed by atoms with Gasteiger partial charge in [0.1, 0.15) is 0 Å². The molecule has 76 valence electrons. The molecular formula is C12H23N. The molecular weight excluding hydrogens is 158 g/mol. The van der Waals surface area contributed by atoms with Crippen LogP contribution in [0.2, 0.25) is 0 Å². The van der Waals surface area contributed by atoms with Crippen LogP contribution in [0.3, 0.4) is 0 Å². The average molecular weight is 181 g/mol. The van der Waals surface area contributed by atoms with E-state index in [4.69, 9.17) is 5.73 Å². The lowest BCUT2D eigenvalue weighted by Crippen LogP contribution is -2.36. The lowest BCUT2D eigenvalue weighted by molar-refractivity contribution is 0.347. The van der Waals surface area contributed by atoms with Crippen molar-refractivity contribution in [2.75, 3.05) is 0 Å². The first kappa shape index (κ1) is 10.8. The van der Waals surface area contributed by atoms with E-state index < -0.39 is 0 Å². The largest absolute Gasteiger partial charge is 0.324 e. The number of rotatable bonds is 1. The zero-order valence-electron chi connectivity index (χ0n) is 9.27. The quantitative estimate of drug-likeness (QED) is 0.617. The highest BCUT2D eigenvalue weighted by Crippen LogP contribution is 2.28. The number of hydrogen-bond donors (Lipinski definition) is 1. The lowest BCUT2D eigenvalue weighted by Gasteiger charge is -2.29. The third-order valence-corrected chi connectivity index (χ3v) is 2.91. The van der Waals surface area contributed by atoms with Crippen LogP contribution in [0.5, 0.6) is 0 Å². The van der Waals surface area contributed by atoms with Crippen molar-refractivity contribution in [3.63, 3.8) is 0 Å². The van der Waals surface area contributed by atoms with E-state index in [0.29, 0.717) is 0 Å². The van der Waals surface area contributed by atoms with E-state index in [2.05, 4.69) is 26.8 Å². The van der Waals surface area contributed by atoms with Gasteiger partial charge in [0, 0.05) is 6.04 Å². The fraction of sp³-hybridized carbons (Fsp3) is 0.833. The molecule has 0 amide bonds. The first-order valence-corrected chi connectivity index (χ1v) is 5.46. The molecule has 1 unspecified atom stereocenters. The minimum atomic E-state index is 0.218. The van der Waals surface area contributed by atoms with Gasteiger partial charge in [-0.15, -0.1) is 0 Å². The Balaban J connectivity index is 2.63. The molecule has 0 aromatic heterocycles. The molecule has 0 radical (unpaired) electrons. The van der Waals surface area contributed by atoms with Gasteiger partial charge in [0.25, 0.3) is 0 Å². The van der Waals surface area contributed by atoms with Gasteiger partial charge < -0.3 is 5.73 Å². The maximum Gasteiger partial charge on any atom is 0.0302 e. The molecule has 1 aliphatic rings. The van der Waals surface area contributed by atoms with E-state index in [9.17, 15) is 0 Å². The topological polar surface area (TPSA) is 26.0 Å². The van der Waals surface area contributed by atoms with Crippen LogP contribution in [0, 0.1) is 5.41 Å². The smallest absolute Gasteiger partial charge is 0.0302 e. The van der Waals surface area contributed by atoms with E-state index >= 15 is 0 Å². The average Bonchev–Trinajstić information content (AvgIpc) is 2.28. The van der Waals surface area contributed by atoms with Crippen LogP contribution in [0.15, 0.2) is 11.6 Å². The summed E-state index contributed by atoms with van der Waals surface area (Å²) in [5.74, 6) is 0. The normalized spacial score (nSPS) is 22.0. The maximum absolute atomic E-state index is 6.23. The Labute approximate surface area is 82.4 Å². The van der Waals surface area contributed by atoms with Gasteiger partial charge in [-0.1, -0.05) is 38.8 Å². The van der Waals surface area contributed by atoms with Crippen molar-refractivity contribution in [3.8, 4) is 0 Å². The Morgan fingerprint density at radius 3 is 2.54 bits per heavy atom. The minimum absolute atomic E-state index is 0.218. The van der Waals surface area contributed by atoms with Gasteiger partial charge in [0.15, 0.2) is 0 Å². The van der Waals surface area contributed by atoms with Crippen molar-refractivity contribution in [2.24, 2.45) is 11.1 Å². The molecule has 1 heteroatoms. The highest BCUT2D eigenvalue weighted by Gasteiger charge is 2.24. The van der Waals surface area contributed by atoms with Gasteiger partial charge in [0.05, 0.1) is 0 Å². The summed E-state index contributed by atoms with van der Waals surface area (Å²) in [6.45, 7) is 6.68. The molecule has 0 fully saturated rings. The maximum atomic E-state index is 6.23. The van der Waals surface area contributed by atoms with E-state index in [1.54, 1.807) is 0 Å². The Hall–Kier alpha value is -0.300. The third kappa shape index (κ3) is 3.15. The fourth-order valence-corrected chi connectivity index (χ4v) is 1.88. The van der Waals surface area contributed by atoms with Crippen LogP contribution >= 0.6 is 0 Å². The molecule has 13 heavy (non-hydrogen) atoms. The molecule has 2 N–H and O–H groups in total. The monoisotopic (exact) mass is 181 g/mol. The van der Waals surface area contributed by atoms with Crippen molar-refractivity contribution < 1.29 is 0 Å². The number of hydrogen-bond acceptors (Lipinski definition) is 1. The molecule has 0 aromatic rings. The molecule has 1 atom stereocenters. The van der Waals surface area contributed by atoms with Gasteiger partial charge in [-0.05, 0) is 31.1 Å². The molecule has 0 saturated heterocycles. The van der Waals surface area contributed by atoms with Crippen LogP contribution < -0.4 is 5.73 Å². The highest BCUT2D eigenvalue weighted by molar-refractivity contribution is 5.14. The van der Waals surface area contributed by atoms with Crippen molar-refractivity contribution in [1.82, 2.24) is 0 Å². The number of nitrogens with two attached hydrogens (primary N) is 1. The summed E-state index contributed by atoms with van der Waals surface area (Å²) in [4.78, 5) is 0. The molecule has 0 heterocycles. The van der Waals surface area contributed by atoms with Crippen molar-refractivity contribution in [3.05, 3.63) is 11.6 Å². The fourth-order valence-electron chi connectivity index (χ4n) is 1.88. The molecule has 1 aliphatic carbocycles. The summed E-state index contributed by atoms with van der Waals surface area (Å²) in [6, 6.07) is 0.255. The molecule has 0 spiro atoms. The standard InChI is InChI=1S/C12H23N/c1-12(2,3)11(13)10-8-6-4-5-7-9-10/h8,11H,4-7,9,13H2,1-3H3. The molecule has 0 saturated carbocycles. The van der Waals surface area contributed by atoms with Gasteiger partial charge in [-0.25, -0.2) is 0 Å². The van der Waals surface area contributed by atoms with Crippen molar-refractivity contribution >= 4 is 0 Å². The summed E-state index contributed by atoms with van der Waals surface area (Å²) in [5.41, 5.74) is 7.94. The Morgan fingerprint density at radius 2 is 1.92 bits per heavy atom. The number of allylic oxidation sites excluding steroid dienone is 1. The summed E-state index contributed by atoms with van der Waals surface area (Å²) in [5, 5.41) is 0. The second kappa shape index (κ2) is 4.28. The highest BCUT2D eigenvalue weighted by atomic mass is 14.7. The predicted octanol–water partition coefficient (Wildman–Crippen LogP) is 3.25. The molecule has 1 rings (SSSR count). The molecule has 0 aliphatic heterocycles. The van der Waals surface area contributed by atoms with Crippen LogP contribution in [0.4, 0.5) is 0 Å². The van der Waals surface area contributed by atoms with E-state index in [0.717, 1.165) is 0 Å². The van der Waals surface area contributed by atoms with E-state index in [-0.39, 0.29) is 11.5 Å².